The van der Waals surface area contributed by atoms with Gasteiger partial charge in [-0.3, -0.25) is 4.99 Å². The van der Waals surface area contributed by atoms with E-state index in [1.54, 1.807) is 20.2 Å². The number of rotatable bonds is 6. The Morgan fingerprint density at radius 2 is 2.00 bits per heavy atom. The second-order valence-corrected chi connectivity index (χ2v) is 7.69. The maximum Gasteiger partial charge on any atom is 0.191 e. The lowest BCUT2D eigenvalue weighted by Crippen LogP contribution is -2.52. The third kappa shape index (κ3) is 6.73. The summed E-state index contributed by atoms with van der Waals surface area (Å²) in [5, 5.41) is 7.11. The third-order valence-electron chi connectivity index (χ3n) is 5.00. The molecule has 0 unspecified atom stereocenters. The van der Waals surface area contributed by atoms with Crippen molar-refractivity contribution in [3.05, 3.63) is 34.6 Å². The van der Waals surface area contributed by atoms with E-state index in [1.165, 1.54) is 12.1 Å². The molecule has 5 nitrogen and oxygen atoms in total. The quantitative estimate of drug-likeness (QED) is 0.346. The lowest BCUT2D eigenvalue weighted by Gasteiger charge is -2.36. The summed E-state index contributed by atoms with van der Waals surface area (Å²) in [7, 11) is 3.47. The van der Waals surface area contributed by atoms with Crippen molar-refractivity contribution in [3.8, 4) is 0 Å². The number of nitrogens with zero attached hydrogens (tertiary/aromatic N) is 1. The van der Waals surface area contributed by atoms with Gasteiger partial charge in [0.1, 0.15) is 5.82 Å². The summed E-state index contributed by atoms with van der Waals surface area (Å²) in [6, 6.07) is 4.51. The molecule has 0 saturated carbocycles. The van der Waals surface area contributed by atoms with Gasteiger partial charge in [-0.15, -0.1) is 24.0 Å². The fourth-order valence-corrected chi connectivity index (χ4v) is 3.52. The molecule has 1 aromatic rings. The largest absolute Gasteiger partial charge is 0.381 e. The predicted molar refractivity (Wildman–Crippen MR) is 119 cm³/mol. The molecule has 1 fully saturated rings. The standard InChI is InChI=1S/C19H29ClFN3O2.HI/c1-18(2,15-6-5-14(21)11-16(15)20)12-23-17(22-3)24-13-19(25-4)7-9-26-10-8-19;/h5-6,11H,7-10,12-13H2,1-4H3,(H2,22,23,24);1H. The summed E-state index contributed by atoms with van der Waals surface area (Å²) in [5.74, 6) is 0.362. The van der Waals surface area contributed by atoms with E-state index in [0.717, 1.165) is 18.4 Å². The van der Waals surface area contributed by atoms with Crippen molar-refractivity contribution >= 4 is 41.5 Å². The molecule has 1 aromatic carbocycles. The lowest BCUT2D eigenvalue weighted by molar-refractivity contribution is -0.0855. The Balaban J connectivity index is 0.00000364. The topological polar surface area (TPSA) is 54.9 Å². The SMILES string of the molecule is CN=C(NCC1(OC)CCOCC1)NCC(C)(C)c1ccc(F)cc1Cl.I. The van der Waals surface area contributed by atoms with Gasteiger partial charge >= 0.3 is 0 Å². The van der Waals surface area contributed by atoms with E-state index in [2.05, 4.69) is 29.5 Å². The number of halogens is 3. The molecule has 0 aliphatic carbocycles. The normalized spacial score (nSPS) is 17.2. The highest BCUT2D eigenvalue weighted by molar-refractivity contribution is 14.0. The Bertz CT molecular complexity index is 637. The fourth-order valence-electron chi connectivity index (χ4n) is 3.10. The second-order valence-electron chi connectivity index (χ2n) is 7.29. The van der Waals surface area contributed by atoms with Crippen molar-refractivity contribution in [2.45, 2.75) is 37.7 Å². The molecule has 2 N–H and O–H groups in total. The van der Waals surface area contributed by atoms with Crippen molar-refractivity contribution in [3.63, 3.8) is 0 Å². The van der Waals surface area contributed by atoms with Gasteiger partial charge in [-0.2, -0.15) is 0 Å². The van der Waals surface area contributed by atoms with Crippen LogP contribution in [-0.2, 0) is 14.9 Å². The highest BCUT2D eigenvalue weighted by atomic mass is 127. The van der Waals surface area contributed by atoms with E-state index in [1.807, 2.05) is 0 Å². The minimum absolute atomic E-state index is 0. The van der Waals surface area contributed by atoms with Crippen molar-refractivity contribution in [1.82, 2.24) is 10.6 Å². The van der Waals surface area contributed by atoms with Crippen LogP contribution in [0.2, 0.25) is 5.02 Å². The molecule has 0 atom stereocenters. The van der Waals surface area contributed by atoms with Gasteiger partial charge in [-0.1, -0.05) is 31.5 Å². The number of hydrogen-bond donors (Lipinski definition) is 2. The molecule has 27 heavy (non-hydrogen) atoms. The van der Waals surface area contributed by atoms with E-state index < -0.39 is 0 Å². The zero-order chi connectivity index (χ0) is 19.2. The Morgan fingerprint density at radius 1 is 1.33 bits per heavy atom. The summed E-state index contributed by atoms with van der Waals surface area (Å²) in [4.78, 5) is 4.29. The molecule has 154 valence electrons. The van der Waals surface area contributed by atoms with E-state index in [-0.39, 0.29) is 40.8 Å². The Kier molecular flexibility index (Phi) is 9.74. The van der Waals surface area contributed by atoms with Gasteiger partial charge in [0.2, 0.25) is 0 Å². The number of ether oxygens (including phenoxy) is 2. The van der Waals surface area contributed by atoms with E-state index in [4.69, 9.17) is 21.1 Å². The molecule has 0 aromatic heterocycles. The van der Waals surface area contributed by atoms with Gasteiger partial charge in [-0.05, 0) is 17.7 Å². The highest BCUT2D eigenvalue weighted by Gasteiger charge is 2.32. The van der Waals surface area contributed by atoms with Gasteiger partial charge in [0.05, 0.1) is 5.60 Å². The van der Waals surface area contributed by atoms with Crippen LogP contribution in [0.5, 0.6) is 0 Å². The minimum Gasteiger partial charge on any atom is -0.381 e. The van der Waals surface area contributed by atoms with Crippen LogP contribution in [0.1, 0.15) is 32.3 Å². The van der Waals surface area contributed by atoms with Gasteiger partial charge in [0, 0.05) is 63.7 Å². The summed E-state index contributed by atoms with van der Waals surface area (Å²) >= 11 is 6.22. The number of aliphatic imine (C=N–C) groups is 1. The predicted octanol–water partition coefficient (Wildman–Crippen LogP) is 3.74. The van der Waals surface area contributed by atoms with Crippen molar-refractivity contribution in [1.29, 1.82) is 0 Å². The second kappa shape index (κ2) is 10.8. The number of benzene rings is 1. The summed E-state index contributed by atoms with van der Waals surface area (Å²) in [6.45, 7) is 6.78. The monoisotopic (exact) mass is 513 g/mol. The smallest absolute Gasteiger partial charge is 0.191 e. The van der Waals surface area contributed by atoms with Gasteiger partial charge in [0.25, 0.3) is 0 Å². The van der Waals surface area contributed by atoms with E-state index in [9.17, 15) is 4.39 Å². The lowest BCUT2D eigenvalue weighted by atomic mass is 9.84. The summed E-state index contributed by atoms with van der Waals surface area (Å²) in [5.41, 5.74) is 0.368. The van der Waals surface area contributed by atoms with Crippen LogP contribution in [0.25, 0.3) is 0 Å². The first-order valence-corrected chi connectivity index (χ1v) is 9.23. The van der Waals surface area contributed by atoms with Crippen molar-refractivity contribution in [2.75, 3.05) is 40.5 Å². The summed E-state index contributed by atoms with van der Waals surface area (Å²) in [6.07, 6.45) is 1.70. The number of methoxy groups -OCH3 is 1. The van der Waals surface area contributed by atoms with E-state index in [0.29, 0.717) is 37.3 Å². The van der Waals surface area contributed by atoms with Crippen molar-refractivity contribution in [2.24, 2.45) is 4.99 Å². The molecule has 0 radical (unpaired) electrons. The minimum atomic E-state index is -0.332. The first-order valence-electron chi connectivity index (χ1n) is 8.85. The van der Waals surface area contributed by atoms with Gasteiger partial charge in [0.15, 0.2) is 5.96 Å². The molecule has 2 rings (SSSR count). The molecule has 1 aliphatic rings. The van der Waals surface area contributed by atoms with Gasteiger partial charge in [-0.25, -0.2) is 4.39 Å². The number of hydrogen-bond acceptors (Lipinski definition) is 3. The average molecular weight is 514 g/mol. The van der Waals surface area contributed by atoms with Crippen LogP contribution in [0.15, 0.2) is 23.2 Å². The van der Waals surface area contributed by atoms with Crippen LogP contribution in [0.4, 0.5) is 4.39 Å². The molecule has 0 amide bonds. The molecule has 1 saturated heterocycles. The van der Waals surface area contributed by atoms with E-state index >= 15 is 0 Å². The van der Waals surface area contributed by atoms with Crippen molar-refractivity contribution < 1.29 is 13.9 Å². The fraction of sp³-hybridized carbons (Fsp3) is 0.632. The highest BCUT2D eigenvalue weighted by Crippen LogP contribution is 2.30. The maximum absolute atomic E-state index is 13.3. The number of guanidine groups is 1. The molecule has 1 aliphatic heterocycles. The maximum atomic E-state index is 13.3. The van der Waals surface area contributed by atoms with Crippen LogP contribution >= 0.6 is 35.6 Å². The first kappa shape index (κ1) is 24.4. The average Bonchev–Trinajstić information content (AvgIpc) is 2.62. The number of nitrogens with one attached hydrogen (secondary N) is 2. The van der Waals surface area contributed by atoms with Gasteiger partial charge < -0.3 is 20.1 Å². The Hall–Kier alpha value is -0.640. The Morgan fingerprint density at radius 3 is 2.56 bits per heavy atom. The van der Waals surface area contributed by atoms with Crippen LogP contribution in [0, 0.1) is 5.82 Å². The van der Waals surface area contributed by atoms with Crippen LogP contribution in [0.3, 0.4) is 0 Å². The molecule has 8 heteroatoms. The molecular weight excluding hydrogens is 484 g/mol. The molecule has 0 spiro atoms. The third-order valence-corrected chi connectivity index (χ3v) is 5.31. The molecule has 0 bridgehead atoms. The molecular formula is C19H30ClFIN3O2. The molecule has 1 heterocycles. The Labute approximate surface area is 183 Å². The van der Waals surface area contributed by atoms with Crippen LogP contribution < -0.4 is 10.6 Å². The zero-order valence-electron chi connectivity index (χ0n) is 16.4. The van der Waals surface area contributed by atoms with Crippen LogP contribution in [-0.4, -0.2) is 52.0 Å². The first-order chi connectivity index (χ1) is 12.3. The zero-order valence-corrected chi connectivity index (χ0v) is 19.5. The summed E-state index contributed by atoms with van der Waals surface area (Å²) < 4.78 is 24.5.